The fourth-order valence-electron chi connectivity index (χ4n) is 3.44. The van der Waals surface area contributed by atoms with Gasteiger partial charge in [0.05, 0.1) is 5.92 Å². The van der Waals surface area contributed by atoms with Crippen molar-refractivity contribution in [2.45, 2.75) is 39.5 Å². The normalized spacial score (nSPS) is 17.1. The van der Waals surface area contributed by atoms with Crippen molar-refractivity contribution in [3.05, 3.63) is 54.1 Å². The minimum absolute atomic E-state index is 0.0394. The molecule has 2 atom stereocenters. The van der Waals surface area contributed by atoms with Crippen molar-refractivity contribution in [1.82, 2.24) is 0 Å². The fourth-order valence-corrected chi connectivity index (χ4v) is 3.44. The number of amides is 3. The molecule has 1 saturated heterocycles. The molecule has 3 amide bonds. The first kappa shape index (κ1) is 20.6. The molecular weight excluding hydrogens is 366 g/mol. The van der Waals surface area contributed by atoms with Crippen LogP contribution in [0.4, 0.5) is 17.1 Å². The van der Waals surface area contributed by atoms with Crippen molar-refractivity contribution < 1.29 is 14.4 Å². The minimum Gasteiger partial charge on any atom is -0.326 e. The fraction of sp³-hybridized carbons (Fsp3) is 0.348. The highest BCUT2D eigenvalue weighted by Crippen LogP contribution is 2.28. The number of hydrogen-bond acceptors (Lipinski definition) is 3. The van der Waals surface area contributed by atoms with E-state index < -0.39 is 5.92 Å². The van der Waals surface area contributed by atoms with Crippen LogP contribution in [0.3, 0.4) is 0 Å². The Balaban J connectivity index is 1.62. The molecule has 0 unspecified atom stereocenters. The predicted molar refractivity (Wildman–Crippen MR) is 115 cm³/mol. The molecule has 0 bridgehead atoms. The molecule has 2 aromatic rings. The van der Waals surface area contributed by atoms with E-state index in [1.54, 1.807) is 29.2 Å². The van der Waals surface area contributed by atoms with Gasteiger partial charge in [-0.1, -0.05) is 26.0 Å². The highest BCUT2D eigenvalue weighted by molar-refractivity contribution is 6.03. The van der Waals surface area contributed by atoms with Gasteiger partial charge in [0.1, 0.15) is 0 Å². The average molecular weight is 393 g/mol. The molecule has 0 radical (unpaired) electrons. The Morgan fingerprint density at radius 1 is 1.03 bits per heavy atom. The van der Waals surface area contributed by atoms with Gasteiger partial charge < -0.3 is 15.5 Å². The molecule has 1 fully saturated rings. The molecule has 6 nitrogen and oxygen atoms in total. The van der Waals surface area contributed by atoms with Gasteiger partial charge in [-0.15, -0.1) is 0 Å². The molecule has 1 aliphatic rings. The van der Waals surface area contributed by atoms with Crippen LogP contribution in [0.25, 0.3) is 0 Å². The summed E-state index contributed by atoms with van der Waals surface area (Å²) in [6.07, 6.45) is 1.26. The van der Waals surface area contributed by atoms with Crippen molar-refractivity contribution >= 4 is 34.8 Å². The quantitative estimate of drug-likeness (QED) is 0.774. The maximum atomic E-state index is 12.6. The summed E-state index contributed by atoms with van der Waals surface area (Å²) in [7, 11) is 0. The van der Waals surface area contributed by atoms with Crippen LogP contribution in [0.2, 0.25) is 0 Å². The van der Waals surface area contributed by atoms with E-state index in [1.807, 2.05) is 12.1 Å². The van der Waals surface area contributed by atoms with Gasteiger partial charge in [0, 0.05) is 37.0 Å². The number of nitrogens with one attached hydrogen (secondary N) is 2. The Hall–Kier alpha value is -3.15. The molecule has 2 N–H and O–H groups in total. The molecule has 0 saturated carbocycles. The molecule has 29 heavy (non-hydrogen) atoms. The third-order valence-electron chi connectivity index (χ3n) is 5.35. The zero-order chi connectivity index (χ0) is 21.0. The highest BCUT2D eigenvalue weighted by Gasteiger charge is 2.35. The summed E-state index contributed by atoms with van der Waals surface area (Å²) in [6, 6.07) is 14.9. The van der Waals surface area contributed by atoms with Crippen LogP contribution in [0.1, 0.15) is 45.1 Å². The van der Waals surface area contributed by atoms with Crippen molar-refractivity contribution in [3.8, 4) is 0 Å². The van der Waals surface area contributed by atoms with Crippen molar-refractivity contribution in [2.75, 3.05) is 22.1 Å². The van der Waals surface area contributed by atoms with Gasteiger partial charge in [-0.25, -0.2) is 0 Å². The van der Waals surface area contributed by atoms with Crippen molar-refractivity contribution in [2.24, 2.45) is 5.92 Å². The predicted octanol–water partition coefficient (Wildman–Crippen LogP) is 4.15. The van der Waals surface area contributed by atoms with E-state index in [0.29, 0.717) is 23.8 Å². The van der Waals surface area contributed by atoms with Crippen molar-refractivity contribution in [1.29, 1.82) is 0 Å². The molecule has 1 heterocycles. The SMILES string of the molecule is CC[C@H](C)c1ccc(N2C[C@H](C(=O)Nc3ccc(NC(C)=O)cc3)CC2=O)cc1. The summed E-state index contributed by atoms with van der Waals surface area (Å²) < 4.78 is 0. The number of carbonyl (C=O) groups is 3. The molecule has 1 aliphatic heterocycles. The molecule has 152 valence electrons. The molecule has 2 aromatic carbocycles. The van der Waals surface area contributed by atoms with Gasteiger partial charge in [-0.3, -0.25) is 14.4 Å². The number of nitrogens with zero attached hydrogens (tertiary/aromatic N) is 1. The van der Waals surface area contributed by atoms with E-state index >= 15 is 0 Å². The van der Waals surface area contributed by atoms with Gasteiger partial charge in [-0.2, -0.15) is 0 Å². The van der Waals surface area contributed by atoms with E-state index in [2.05, 4.69) is 36.6 Å². The smallest absolute Gasteiger partial charge is 0.229 e. The van der Waals surface area contributed by atoms with Crippen LogP contribution in [0, 0.1) is 5.92 Å². The number of benzene rings is 2. The standard InChI is InChI=1S/C23H27N3O3/c1-4-15(2)17-5-11-21(12-6-17)26-14-18(13-22(26)28)23(29)25-20-9-7-19(8-10-20)24-16(3)27/h5-12,15,18H,4,13-14H2,1-3H3,(H,24,27)(H,25,29)/t15-,18+/m0/s1. The lowest BCUT2D eigenvalue weighted by Gasteiger charge is -2.18. The topological polar surface area (TPSA) is 78.5 Å². The van der Waals surface area contributed by atoms with E-state index in [1.165, 1.54) is 12.5 Å². The zero-order valence-corrected chi connectivity index (χ0v) is 17.1. The Morgan fingerprint density at radius 2 is 1.62 bits per heavy atom. The summed E-state index contributed by atoms with van der Waals surface area (Å²) >= 11 is 0. The summed E-state index contributed by atoms with van der Waals surface area (Å²) in [6.45, 7) is 6.14. The van der Waals surface area contributed by atoms with Gasteiger partial charge in [0.15, 0.2) is 0 Å². The second kappa shape index (κ2) is 8.90. The third-order valence-corrected chi connectivity index (χ3v) is 5.35. The lowest BCUT2D eigenvalue weighted by atomic mass is 9.98. The van der Waals surface area contributed by atoms with Crippen LogP contribution in [0.15, 0.2) is 48.5 Å². The Morgan fingerprint density at radius 3 is 2.17 bits per heavy atom. The Labute approximate surface area is 171 Å². The summed E-state index contributed by atoms with van der Waals surface area (Å²) in [5, 5.41) is 5.54. The number of carbonyl (C=O) groups excluding carboxylic acids is 3. The van der Waals surface area contributed by atoms with Crippen molar-refractivity contribution in [3.63, 3.8) is 0 Å². The average Bonchev–Trinajstić information content (AvgIpc) is 3.10. The zero-order valence-electron chi connectivity index (χ0n) is 17.1. The number of anilines is 3. The summed E-state index contributed by atoms with van der Waals surface area (Å²) in [5.74, 6) is -0.281. The largest absolute Gasteiger partial charge is 0.326 e. The first-order valence-electron chi connectivity index (χ1n) is 9.96. The van der Waals surface area contributed by atoms with E-state index in [-0.39, 0.29) is 24.1 Å². The molecular formula is C23H27N3O3. The molecule has 3 rings (SSSR count). The third kappa shape index (κ3) is 5.02. The van der Waals surface area contributed by atoms with Gasteiger partial charge in [0.25, 0.3) is 0 Å². The van der Waals surface area contributed by atoms with Crippen LogP contribution in [-0.2, 0) is 14.4 Å². The second-order valence-electron chi connectivity index (χ2n) is 7.55. The summed E-state index contributed by atoms with van der Waals surface area (Å²) in [5.41, 5.74) is 3.38. The van der Waals surface area contributed by atoms with Gasteiger partial charge in [-0.05, 0) is 54.3 Å². The van der Waals surface area contributed by atoms with Crippen LogP contribution >= 0.6 is 0 Å². The van der Waals surface area contributed by atoms with Crippen LogP contribution < -0.4 is 15.5 Å². The first-order valence-corrected chi connectivity index (χ1v) is 9.96. The Bertz CT molecular complexity index is 891. The summed E-state index contributed by atoms with van der Waals surface area (Å²) in [4.78, 5) is 37.9. The molecule has 0 spiro atoms. The lowest BCUT2D eigenvalue weighted by molar-refractivity contribution is -0.122. The molecule has 0 aliphatic carbocycles. The minimum atomic E-state index is -0.397. The number of hydrogen-bond donors (Lipinski definition) is 2. The Kier molecular flexibility index (Phi) is 6.32. The number of rotatable bonds is 6. The van der Waals surface area contributed by atoms with E-state index in [4.69, 9.17) is 0 Å². The van der Waals surface area contributed by atoms with Crippen LogP contribution in [0.5, 0.6) is 0 Å². The van der Waals surface area contributed by atoms with Gasteiger partial charge in [0.2, 0.25) is 17.7 Å². The monoisotopic (exact) mass is 393 g/mol. The van der Waals surface area contributed by atoms with E-state index in [0.717, 1.165) is 12.1 Å². The maximum absolute atomic E-state index is 12.6. The second-order valence-corrected chi connectivity index (χ2v) is 7.55. The van der Waals surface area contributed by atoms with E-state index in [9.17, 15) is 14.4 Å². The molecule has 0 aromatic heterocycles. The lowest BCUT2D eigenvalue weighted by Crippen LogP contribution is -2.28. The van der Waals surface area contributed by atoms with Crippen LogP contribution in [-0.4, -0.2) is 24.3 Å². The first-order chi connectivity index (χ1) is 13.9. The highest BCUT2D eigenvalue weighted by atomic mass is 16.2. The molecule has 6 heteroatoms. The van der Waals surface area contributed by atoms with Gasteiger partial charge >= 0.3 is 0 Å². The maximum Gasteiger partial charge on any atom is 0.229 e.